The molecule has 0 N–H and O–H groups in total. The fourth-order valence-electron chi connectivity index (χ4n) is 0.207. The van der Waals surface area contributed by atoms with Gasteiger partial charge in [0, 0.05) is 15.5 Å². The van der Waals surface area contributed by atoms with E-state index in [1.165, 1.54) is 0 Å². The maximum Gasteiger partial charge on any atom is 0.0795 e. The zero-order valence-electron chi connectivity index (χ0n) is 4.92. The zero-order valence-corrected chi connectivity index (χ0v) is 6.56. The summed E-state index contributed by atoms with van der Waals surface area (Å²) in [4.78, 5) is 0. The molecule has 3 heteroatoms. The van der Waals surface area contributed by atoms with Crippen LogP contribution in [0, 0.1) is 0 Å². The van der Waals surface area contributed by atoms with Gasteiger partial charge in [0.05, 0.1) is 6.61 Å². The molecule has 0 aromatic rings. The molecule has 0 spiro atoms. The summed E-state index contributed by atoms with van der Waals surface area (Å²) in [7, 11) is -0.265. The highest BCUT2D eigenvalue weighted by molar-refractivity contribution is 8.26. The Labute approximate surface area is 57.5 Å². The molecule has 0 aliphatic carbocycles. The van der Waals surface area contributed by atoms with Crippen molar-refractivity contribution < 1.29 is 4.18 Å². The maximum absolute atomic E-state index is 5.06. The van der Waals surface area contributed by atoms with E-state index in [1.54, 1.807) is 6.08 Å². The van der Waals surface area contributed by atoms with E-state index < -0.39 is 0 Å². The standard InChI is InChI=1S/C5H10OS2/c1-3-5-6-8(7)4-2/h3H,1,4-5H2,2H3. The normalized spacial score (nSPS) is 13.1. The first kappa shape index (κ1) is 8.27. The van der Waals surface area contributed by atoms with Crippen LogP contribution in [0.5, 0.6) is 0 Å². The van der Waals surface area contributed by atoms with E-state index >= 15 is 0 Å². The molecular weight excluding hydrogens is 140 g/mol. The van der Waals surface area contributed by atoms with Crippen LogP contribution in [0.25, 0.3) is 0 Å². The predicted octanol–water partition coefficient (Wildman–Crippen LogP) is 1.20. The minimum Gasteiger partial charge on any atom is -0.308 e. The third kappa shape index (κ3) is 4.43. The molecule has 0 radical (unpaired) electrons. The van der Waals surface area contributed by atoms with Gasteiger partial charge in [-0.05, 0) is 11.2 Å². The maximum atomic E-state index is 5.06. The average molecular weight is 150 g/mol. The van der Waals surface area contributed by atoms with Crippen molar-refractivity contribution in [2.75, 3.05) is 12.4 Å². The Balaban J connectivity index is 3.11. The summed E-state index contributed by atoms with van der Waals surface area (Å²) in [5.74, 6) is 0.920. The van der Waals surface area contributed by atoms with Crippen molar-refractivity contribution in [3.8, 4) is 0 Å². The van der Waals surface area contributed by atoms with E-state index in [0.29, 0.717) is 6.61 Å². The third-order valence-corrected chi connectivity index (χ3v) is 2.42. The molecule has 0 aliphatic heterocycles. The van der Waals surface area contributed by atoms with Crippen LogP contribution in [-0.2, 0) is 25.1 Å². The molecule has 0 aromatic carbocycles. The molecule has 0 aliphatic rings. The van der Waals surface area contributed by atoms with E-state index in [0.717, 1.165) is 5.75 Å². The highest BCUT2D eigenvalue weighted by Gasteiger charge is 1.84. The van der Waals surface area contributed by atoms with Gasteiger partial charge in [-0.2, -0.15) is 0 Å². The Morgan fingerprint density at radius 1 is 1.88 bits per heavy atom. The van der Waals surface area contributed by atoms with Gasteiger partial charge in [0.2, 0.25) is 0 Å². The monoisotopic (exact) mass is 150 g/mol. The fourth-order valence-corrected chi connectivity index (χ4v) is 0.789. The second kappa shape index (κ2) is 5.41. The molecule has 0 saturated carbocycles. The summed E-state index contributed by atoms with van der Waals surface area (Å²) >= 11 is 4.86. The Kier molecular flexibility index (Phi) is 5.59. The predicted molar refractivity (Wildman–Crippen MR) is 41.4 cm³/mol. The number of hydrogen-bond acceptors (Lipinski definition) is 2. The van der Waals surface area contributed by atoms with Gasteiger partial charge in [-0.15, -0.1) is 6.58 Å². The van der Waals surface area contributed by atoms with Crippen molar-refractivity contribution >= 4 is 20.9 Å². The van der Waals surface area contributed by atoms with Gasteiger partial charge in [-0.1, -0.05) is 13.0 Å². The molecule has 1 unspecified atom stereocenters. The molecule has 0 fully saturated rings. The fraction of sp³-hybridized carbons (Fsp3) is 0.600. The van der Waals surface area contributed by atoms with Gasteiger partial charge >= 0.3 is 0 Å². The smallest absolute Gasteiger partial charge is 0.0795 e. The minimum absolute atomic E-state index is 0.265. The lowest BCUT2D eigenvalue weighted by Crippen LogP contribution is -1.96. The van der Waals surface area contributed by atoms with Crippen molar-refractivity contribution in [1.29, 1.82) is 0 Å². The van der Waals surface area contributed by atoms with Crippen LogP contribution >= 0.6 is 0 Å². The Morgan fingerprint density at radius 3 is 2.88 bits per heavy atom. The summed E-state index contributed by atoms with van der Waals surface area (Å²) in [5.41, 5.74) is 0. The summed E-state index contributed by atoms with van der Waals surface area (Å²) in [6.07, 6.45) is 1.71. The first-order valence-electron chi connectivity index (χ1n) is 2.43. The lowest BCUT2D eigenvalue weighted by molar-refractivity contribution is 0.424. The summed E-state index contributed by atoms with van der Waals surface area (Å²) in [5, 5.41) is 0. The van der Waals surface area contributed by atoms with Gasteiger partial charge < -0.3 is 4.18 Å². The minimum atomic E-state index is -0.265. The molecule has 0 aromatic heterocycles. The Morgan fingerprint density at radius 2 is 2.50 bits per heavy atom. The topological polar surface area (TPSA) is 9.23 Å². The number of rotatable bonds is 4. The third-order valence-electron chi connectivity index (χ3n) is 0.553. The molecule has 0 rings (SSSR count). The Bertz CT molecular complexity index is 90.4. The summed E-state index contributed by atoms with van der Waals surface area (Å²) in [6, 6.07) is 0. The van der Waals surface area contributed by atoms with E-state index in [9.17, 15) is 0 Å². The van der Waals surface area contributed by atoms with Crippen molar-refractivity contribution in [1.82, 2.24) is 0 Å². The van der Waals surface area contributed by atoms with E-state index in [2.05, 4.69) is 6.58 Å². The molecule has 1 atom stereocenters. The van der Waals surface area contributed by atoms with Crippen molar-refractivity contribution in [2.24, 2.45) is 0 Å². The van der Waals surface area contributed by atoms with Crippen LogP contribution in [0.1, 0.15) is 6.92 Å². The number of hydrogen-bond donors (Lipinski definition) is 0. The summed E-state index contributed by atoms with van der Waals surface area (Å²) in [6.45, 7) is 6.10. The lowest BCUT2D eigenvalue weighted by atomic mass is 10.7. The van der Waals surface area contributed by atoms with Gasteiger partial charge in [-0.3, -0.25) is 0 Å². The van der Waals surface area contributed by atoms with E-state index in [1.807, 2.05) is 6.92 Å². The molecule has 0 bridgehead atoms. The van der Waals surface area contributed by atoms with Gasteiger partial charge in [0.15, 0.2) is 0 Å². The first-order chi connectivity index (χ1) is 3.81. The SMILES string of the molecule is C=CCOS(=S)CC. The van der Waals surface area contributed by atoms with E-state index in [4.69, 9.17) is 15.4 Å². The van der Waals surface area contributed by atoms with Gasteiger partial charge in [0.1, 0.15) is 0 Å². The second-order valence-corrected chi connectivity index (χ2v) is 3.70. The van der Waals surface area contributed by atoms with Crippen LogP contribution < -0.4 is 0 Å². The molecule has 0 heterocycles. The van der Waals surface area contributed by atoms with Crippen molar-refractivity contribution in [2.45, 2.75) is 6.92 Å². The van der Waals surface area contributed by atoms with Gasteiger partial charge in [-0.25, -0.2) is 0 Å². The van der Waals surface area contributed by atoms with Gasteiger partial charge in [0.25, 0.3) is 0 Å². The highest BCUT2D eigenvalue weighted by atomic mass is 32.8. The van der Waals surface area contributed by atoms with E-state index in [-0.39, 0.29) is 9.74 Å². The van der Waals surface area contributed by atoms with Crippen LogP contribution in [0.15, 0.2) is 12.7 Å². The Hall–Kier alpha value is 0.270. The van der Waals surface area contributed by atoms with Crippen molar-refractivity contribution in [3.05, 3.63) is 12.7 Å². The second-order valence-electron chi connectivity index (χ2n) is 1.17. The lowest BCUT2D eigenvalue weighted by Gasteiger charge is -1.97. The molecule has 1 nitrogen and oxygen atoms in total. The molecular formula is C5H10OS2. The highest BCUT2D eigenvalue weighted by Crippen LogP contribution is 1.84. The molecule has 0 amide bonds. The largest absolute Gasteiger partial charge is 0.308 e. The zero-order chi connectivity index (χ0) is 6.41. The van der Waals surface area contributed by atoms with Crippen LogP contribution in [-0.4, -0.2) is 12.4 Å². The van der Waals surface area contributed by atoms with Crippen LogP contribution in [0.2, 0.25) is 0 Å². The van der Waals surface area contributed by atoms with Crippen molar-refractivity contribution in [3.63, 3.8) is 0 Å². The average Bonchev–Trinajstić information content (AvgIpc) is 1.83. The van der Waals surface area contributed by atoms with Crippen LogP contribution in [0.3, 0.4) is 0 Å². The molecule has 8 heavy (non-hydrogen) atoms. The van der Waals surface area contributed by atoms with Crippen LogP contribution in [0.4, 0.5) is 0 Å². The summed E-state index contributed by atoms with van der Waals surface area (Å²) < 4.78 is 5.06. The molecule has 48 valence electrons. The quantitative estimate of drug-likeness (QED) is 0.557. The molecule has 0 saturated heterocycles. The first-order valence-corrected chi connectivity index (χ1v) is 4.68.